The van der Waals surface area contributed by atoms with E-state index in [-0.39, 0.29) is 17.9 Å². The maximum Gasteiger partial charge on any atom is 0.430 e. The Hall–Kier alpha value is -2.43. The summed E-state index contributed by atoms with van der Waals surface area (Å²) < 4.78 is 51.6. The SMILES string of the molecule is CN=C(C=C(N)C(F)(F)F)[C@H]1CN(C)C(=O)[C@@H]1C(=O)Nc1ccsc1F. The van der Waals surface area contributed by atoms with Crippen molar-refractivity contribution in [3.8, 4) is 0 Å². The molecule has 2 amide bonds. The lowest BCUT2D eigenvalue weighted by atomic mass is 9.89. The molecule has 2 atom stereocenters. The van der Waals surface area contributed by atoms with Crippen LogP contribution >= 0.6 is 11.3 Å². The first-order valence-corrected chi connectivity index (χ1v) is 8.24. The van der Waals surface area contributed by atoms with Crippen LogP contribution in [0.5, 0.6) is 0 Å². The number of likely N-dealkylation sites (tertiary alicyclic amines) is 1. The Morgan fingerprint density at radius 3 is 2.65 bits per heavy atom. The van der Waals surface area contributed by atoms with E-state index in [0.717, 1.165) is 11.3 Å². The van der Waals surface area contributed by atoms with Gasteiger partial charge in [0, 0.05) is 32.3 Å². The van der Waals surface area contributed by atoms with E-state index in [4.69, 9.17) is 5.73 Å². The van der Waals surface area contributed by atoms with Crippen LogP contribution in [0.25, 0.3) is 0 Å². The second kappa shape index (κ2) is 7.44. The second-order valence-electron chi connectivity index (χ2n) is 5.65. The zero-order valence-electron chi connectivity index (χ0n) is 13.8. The van der Waals surface area contributed by atoms with Gasteiger partial charge in [-0.1, -0.05) is 0 Å². The van der Waals surface area contributed by atoms with Gasteiger partial charge in [0.1, 0.15) is 11.6 Å². The lowest BCUT2D eigenvalue weighted by Gasteiger charge is -2.17. The summed E-state index contributed by atoms with van der Waals surface area (Å²) in [5.74, 6) is -3.69. The standard InChI is InChI=1S/C15H16F4N4O2S/c1-21-9(5-10(20)15(17,18)19)7-6-23(2)14(25)11(7)13(24)22-8-3-4-26-12(8)16/h3-5,7,11H,6,20H2,1-2H3,(H,22,24)/t7-,11+/m1/s1. The molecule has 1 aromatic heterocycles. The molecule has 6 nitrogen and oxygen atoms in total. The first-order chi connectivity index (χ1) is 12.1. The van der Waals surface area contributed by atoms with Gasteiger partial charge in [-0.25, -0.2) is 0 Å². The molecule has 1 aliphatic heterocycles. The molecule has 3 N–H and O–H groups in total. The predicted octanol–water partition coefficient (Wildman–Crippen LogP) is 2.01. The van der Waals surface area contributed by atoms with Crippen molar-refractivity contribution in [2.24, 2.45) is 22.6 Å². The number of halogens is 4. The first kappa shape index (κ1) is 19.9. The smallest absolute Gasteiger partial charge is 0.395 e. The van der Waals surface area contributed by atoms with Crippen LogP contribution in [0.1, 0.15) is 0 Å². The largest absolute Gasteiger partial charge is 0.430 e. The molecule has 142 valence electrons. The molecule has 0 bridgehead atoms. The molecule has 2 rings (SSSR count). The van der Waals surface area contributed by atoms with Gasteiger partial charge in [-0.2, -0.15) is 17.6 Å². The highest BCUT2D eigenvalue weighted by Crippen LogP contribution is 2.30. The predicted molar refractivity (Wildman–Crippen MR) is 89.2 cm³/mol. The van der Waals surface area contributed by atoms with E-state index in [2.05, 4.69) is 10.3 Å². The number of carbonyl (C=O) groups excluding carboxylic acids is 2. The van der Waals surface area contributed by atoms with Crippen molar-refractivity contribution in [2.75, 3.05) is 26.0 Å². The number of allylic oxidation sites excluding steroid dienone is 2. The van der Waals surface area contributed by atoms with E-state index >= 15 is 0 Å². The number of anilines is 1. The lowest BCUT2D eigenvalue weighted by Crippen LogP contribution is -2.36. The molecule has 2 heterocycles. The van der Waals surface area contributed by atoms with Gasteiger partial charge in [0.15, 0.2) is 5.13 Å². The fraction of sp³-hybridized carbons (Fsp3) is 0.400. The van der Waals surface area contributed by atoms with Crippen LogP contribution in [0.3, 0.4) is 0 Å². The number of carbonyl (C=O) groups is 2. The number of nitrogens with two attached hydrogens (primary N) is 1. The zero-order valence-corrected chi connectivity index (χ0v) is 14.6. The number of aliphatic imine (C=N–C) groups is 1. The van der Waals surface area contributed by atoms with E-state index in [1.54, 1.807) is 0 Å². The maximum atomic E-state index is 13.5. The Morgan fingerprint density at radius 1 is 1.50 bits per heavy atom. The molecule has 0 unspecified atom stereocenters. The van der Waals surface area contributed by atoms with Crippen molar-refractivity contribution in [1.82, 2.24) is 4.90 Å². The monoisotopic (exact) mass is 392 g/mol. The molecule has 1 aliphatic rings. The molecule has 11 heteroatoms. The minimum absolute atomic E-state index is 0.0165. The van der Waals surface area contributed by atoms with E-state index in [1.807, 2.05) is 0 Å². The van der Waals surface area contributed by atoms with Gasteiger partial charge in [0.05, 0.1) is 5.69 Å². The van der Waals surface area contributed by atoms with Crippen LogP contribution in [0.2, 0.25) is 0 Å². The number of amides is 2. The van der Waals surface area contributed by atoms with Crippen LogP contribution in [0, 0.1) is 17.0 Å². The Balaban J connectivity index is 2.32. The Morgan fingerprint density at radius 2 is 2.15 bits per heavy atom. The molecule has 1 aromatic rings. The van der Waals surface area contributed by atoms with Gasteiger partial charge in [0.2, 0.25) is 11.8 Å². The molecular weight excluding hydrogens is 376 g/mol. The third-order valence-electron chi connectivity index (χ3n) is 3.94. The van der Waals surface area contributed by atoms with Crippen molar-refractivity contribution >= 4 is 34.6 Å². The van der Waals surface area contributed by atoms with Crippen LogP contribution in [0.15, 0.2) is 28.2 Å². The van der Waals surface area contributed by atoms with Crippen LogP contribution in [-0.2, 0) is 9.59 Å². The molecule has 1 saturated heterocycles. The number of hydrogen-bond donors (Lipinski definition) is 2. The van der Waals surface area contributed by atoms with Crippen LogP contribution in [-0.4, -0.2) is 49.2 Å². The fourth-order valence-corrected chi connectivity index (χ4v) is 3.20. The highest BCUT2D eigenvalue weighted by atomic mass is 32.1. The number of alkyl halides is 3. The summed E-state index contributed by atoms with van der Waals surface area (Å²) in [6, 6.07) is 1.33. The topological polar surface area (TPSA) is 87.8 Å². The van der Waals surface area contributed by atoms with Crippen molar-refractivity contribution in [3.05, 3.63) is 28.4 Å². The van der Waals surface area contributed by atoms with Gasteiger partial charge in [-0.15, -0.1) is 11.3 Å². The highest BCUT2D eigenvalue weighted by Gasteiger charge is 2.46. The Kier molecular flexibility index (Phi) is 5.69. The summed E-state index contributed by atoms with van der Waals surface area (Å²) in [4.78, 5) is 29.8. The van der Waals surface area contributed by atoms with Crippen molar-refractivity contribution < 1.29 is 27.2 Å². The number of hydrogen-bond acceptors (Lipinski definition) is 5. The first-order valence-electron chi connectivity index (χ1n) is 7.36. The Bertz CT molecular complexity index is 772. The minimum Gasteiger partial charge on any atom is -0.395 e. The third kappa shape index (κ3) is 4.03. The molecule has 0 aliphatic carbocycles. The van der Waals surface area contributed by atoms with Crippen LogP contribution < -0.4 is 11.1 Å². The lowest BCUT2D eigenvalue weighted by molar-refractivity contribution is -0.135. The van der Waals surface area contributed by atoms with E-state index in [9.17, 15) is 27.2 Å². The summed E-state index contributed by atoms with van der Waals surface area (Å²) in [5, 5.41) is 3.07. The molecule has 0 spiro atoms. The summed E-state index contributed by atoms with van der Waals surface area (Å²) in [5.41, 5.74) is 3.41. The van der Waals surface area contributed by atoms with E-state index < -0.39 is 40.7 Å². The molecule has 0 radical (unpaired) electrons. The Labute approximate surface area is 150 Å². The molecular formula is C15H16F4N4O2S. The summed E-state index contributed by atoms with van der Waals surface area (Å²) in [7, 11) is 2.66. The second-order valence-corrected chi connectivity index (χ2v) is 6.51. The molecule has 1 fully saturated rings. The van der Waals surface area contributed by atoms with Gasteiger partial charge < -0.3 is 16.0 Å². The molecule has 0 aromatic carbocycles. The van der Waals surface area contributed by atoms with Crippen molar-refractivity contribution in [3.63, 3.8) is 0 Å². The zero-order chi connectivity index (χ0) is 19.6. The van der Waals surface area contributed by atoms with Crippen molar-refractivity contribution in [2.45, 2.75) is 6.18 Å². The van der Waals surface area contributed by atoms with Crippen molar-refractivity contribution in [1.29, 1.82) is 0 Å². The van der Waals surface area contributed by atoms with Gasteiger partial charge >= 0.3 is 6.18 Å². The normalized spacial score (nSPS) is 22.1. The maximum absolute atomic E-state index is 13.5. The third-order valence-corrected chi connectivity index (χ3v) is 4.64. The number of nitrogens with one attached hydrogen (secondary N) is 1. The van der Waals surface area contributed by atoms with Gasteiger partial charge in [-0.3, -0.25) is 14.6 Å². The molecule has 26 heavy (non-hydrogen) atoms. The average Bonchev–Trinajstić information content (AvgIpc) is 3.07. The quantitative estimate of drug-likeness (QED) is 0.467. The fourth-order valence-electron chi connectivity index (χ4n) is 2.63. The van der Waals surface area contributed by atoms with Gasteiger partial charge in [-0.05, 0) is 17.5 Å². The summed E-state index contributed by atoms with van der Waals surface area (Å²) in [6.07, 6.45) is -4.15. The average molecular weight is 392 g/mol. The summed E-state index contributed by atoms with van der Waals surface area (Å²) in [6.45, 7) is -0.0165. The van der Waals surface area contributed by atoms with E-state index in [0.29, 0.717) is 6.08 Å². The van der Waals surface area contributed by atoms with Gasteiger partial charge in [0.25, 0.3) is 0 Å². The number of nitrogens with zero attached hydrogens (tertiary/aromatic N) is 2. The summed E-state index contributed by atoms with van der Waals surface area (Å²) >= 11 is 0.762. The number of thiophene rings is 1. The number of rotatable bonds is 4. The molecule has 0 saturated carbocycles. The van der Waals surface area contributed by atoms with E-state index in [1.165, 1.54) is 30.4 Å². The minimum atomic E-state index is -4.76. The highest BCUT2D eigenvalue weighted by molar-refractivity contribution is 7.08. The van der Waals surface area contributed by atoms with Crippen LogP contribution in [0.4, 0.5) is 23.2 Å².